The van der Waals surface area contributed by atoms with E-state index in [0.29, 0.717) is 31.7 Å². The van der Waals surface area contributed by atoms with E-state index in [1.165, 1.54) is 11.2 Å². The maximum atomic E-state index is 12.5. The first-order valence-corrected chi connectivity index (χ1v) is 10.5. The number of piperidine rings is 1. The number of carbonyl (C=O) groups is 4. The van der Waals surface area contributed by atoms with E-state index >= 15 is 0 Å². The van der Waals surface area contributed by atoms with E-state index in [2.05, 4.69) is 5.32 Å². The van der Waals surface area contributed by atoms with E-state index in [1.54, 1.807) is 17.0 Å². The second-order valence-electron chi connectivity index (χ2n) is 8.19. The molecule has 2 aliphatic heterocycles. The molecule has 0 aromatic carbocycles. The lowest BCUT2D eigenvalue weighted by Crippen LogP contribution is -2.47. The quantitative estimate of drug-likeness (QED) is 0.755. The first-order valence-electron chi connectivity index (χ1n) is 10.5. The summed E-state index contributed by atoms with van der Waals surface area (Å²) in [5, 5.41) is 2.98. The van der Waals surface area contributed by atoms with E-state index < -0.39 is 0 Å². The highest BCUT2D eigenvalue weighted by molar-refractivity contribution is 6.05. The lowest BCUT2D eigenvalue weighted by Gasteiger charge is -2.32. The zero-order chi connectivity index (χ0) is 20.4. The molecule has 29 heavy (non-hydrogen) atoms. The third kappa shape index (κ3) is 4.06. The van der Waals surface area contributed by atoms with Gasteiger partial charge in [0.25, 0.3) is 5.91 Å². The monoisotopic (exact) mass is 401 g/mol. The molecule has 156 valence electrons. The number of furan rings is 1. The lowest BCUT2D eigenvalue weighted by atomic mass is 9.81. The molecule has 0 spiro atoms. The zero-order valence-corrected chi connectivity index (χ0v) is 16.5. The molecule has 2 atom stereocenters. The summed E-state index contributed by atoms with van der Waals surface area (Å²) in [4.78, 5) is 52.6. The Labute approximate surface area is 169 Å². The van der Waals surface area contributed by atoms with Gasteiger partial charge < -0.3 is 14.6 Å². The van der Waals surface area contributed by atoms with E-state index in [0.717, 1.165) is 25.7 Å². The molecule has 4 rings (SSSR count). The summed E-state index contributed by atoms with van der Waals surface area (Å²) in [7, 11) is 0. The Kier molecular flexibility index (Phi) is 5.69. The Morgan fingerprint density at radius 2 is 1.69 bits per heavy atom. The van der Waals surface area contributed by atoms with Crippen molar-refractivity contribution >= 4 is 23.6 Å². The normalized spacial score (nSPS) is 25.2. The van der Waals surface area contributed by atoms with Gasteiger partial charge in [-0.2, -0.15) is 0 Å². The van der Waals surface area contributed by atoms with E-state index in [4.69, 9.17) is 4.42 Å². The standard InChI is InChI=1S/C21H27N3O5/c25-18(9-12-24-19(26)15-4-1-2-5-16(15)20(24)27)22-14-7-10-23(11-8-14)21(28)17-6-3-13-29-17/h3,6,13-16H,1-2,4-5,7-12H2,(H,22,25). The number of nitrogens with zero attached hydrogens (tertiary/aromatic N) is 2. The Hall–Kier alpha value is -2.64. The summed E-state index contributed by atoms with van der Waals surface area (Å²) in [5.41, 5.74) is 0. The number of carbonyl (C=O) groups excluding carboxylic acids is 4. The highest BCUT2D eigenvalue weighted by Gasteiger charge is 2.47. The molecule has 0 bridgehead atoms. The minimum absolute atomic E-state index is 0.00397. The maximum Gasteiger partial charge on any atom is 0.289 e. The number of rotatable bonds is 5. The molecular formula is C21H27N3O5. The Morgan fingerprint density at radius 3 is 2.28 bits per heavy atom. The largest absolute Gasteiger partial charge is 0.459 e. The molecule has 2 unspecified atom stereocenters. The molecule has 3 aliphatic rings. The number of likely N-dealkylation sites (tertiary alicyclic amines) is 2. The fraction of sp³-hybridized carbons (Fsp3) is 0.619. The summed E-state index contributed by atoms with van der Waals surface area (Å²) in [5.74, 6) is -0.503. The van der Waals surface area contributed by atoms with Crippen LogP contribution in [0.4, 0.5) is 0 Å². The molecule has 1 aromatic rings. The Bertz CT molecular complexity index is 758. The minimum atomic E-state index is -0.171. The van der Waals surface area contributed by atoms with Crippen molar-refractivity contribution in [1.82, 2.24) is 15.1 Å². The van der Waals surface area contributed by atoms with Gasteiger partial charge in [0.2, 0.25) is 17.7 Å². The van der Waals surface area contributed by atoms with Crippen LogP contribution in [0.15, 0.2) is 22.8 Å². The summed E-state index contributed by atoms with van der Waals surface area (Å²) in [6, 6.07) is 3.33. The molecule has 3 fully saturated rings. The summed E-state index contributed by atoms with van der Waals surface area (Å²) in [6.45, 7) is 1.26. The van der Waals surface area contributed by atoms with Crippen molar-refractivity contribution in [3.8, 4) is 0 Å². The molecule has 8 nitrogen and oxygen atoms in total. The second kappa shape index (κ2) is 8.39. The number of hydrogen-bond acceptors (Lipinski definition) is 5. The number of hydrogen-bond donors (Lipinski definition) is 1. The van der Waals surface area contributed by atoms with Gasteiger partial charge in [-0.3, -0.25) is 24.1 Å². The van der Waals surface area contributed by atoms with E-state index in [-0.39, 0.29) is 54.5 Å². The smallest absolute Gasteiger partial charge is 0.289 e. The van der Waals surface area contributed by atoms with Crippen LogP contribution in [-0.4, -0.2) is 59.1 Å². The number of fused-ring (bicyclic) bond motifs is 1. The van der Waals surface area contributed by atoms with Crippen LogP contribution in [-0.2, 0) is 14.4 Å². The predicted molar refractivity (Wildman–Crippen MR) is 103 cm³/mol. The summed E-state index contributed by atoms with van der Waals surface area (Å²) >= 11 is 0. The van der Waals surface area contributed by atoms with Crippen LogP contribution >= 0.6 is 0 Å². The Morgan fingerprint density at radius 1 is 1.03 bits per heavy atom. The third-order valence-electron chi connectivity index (χ3n) is 6.37. The molecule has 4 amide bonds. The number of amides is 4. The molecular weight excluding hydrogens is 374 g/mol. The van der Waals surface area contributed by atoms with E-state index in [1.807, 2.05) is 0 Å². The average Bonchev–Trinajstić information content (AvgIpc) is 3.35. The van der Waals surface area contributed by atoms with Gasteiger partial charge in [-0.05, 0) is 37.8 Å². The van der Waals surface area contributed by atoms with Gasteiger partial charge in [-0.1, -0.05) is 12.8 Å². The highest BCUT2D eigenvalue weighted by atomic mass is 16.3. The van der Waals surface area contributed by atoms with Crippen LogP contribution in [0.2, 0.25) is 0 Å². The molecule has 1 saturated carbocycles. The molecule has 3 heterocycles. The first-order chi connectivity index (χ1) is 14.0. The molecule has 8 heteroatoms. The summed E-state index contributed by atoms with van der Waals surface area (Å²) < 4.78 is 5.15. The van der Waals surface area contributed by atoms with Crippen molar-refractivity contribution < 1.29 is 23.6 Å². The van der Waals surface area contributed by atoms with Gasteiger partial charge in [0, 0.05) is 32.1 Å². The van der Waals surface area contributed by atoms with E-state index in [9.17, 15) is 19.2 Å². The molecule has 1 aliphatic carbocycles. The number of imide groups is 1. The average molecular weight is 401 g/mol. The van der Waals surface area contributed by atoms with Crippen LogP contribution in [0.5, 0.6) is 0 Å². The van der Waals surface area contributed by atoms with Crippen LogP contribution in [0.1, 0.15) is 55.5 Å². The van der Waals surface area contributed by atoms with Gasteiger partial charge >= 0.3 is 0 Å². The maximum absolute atomic E-state index is 12.5. The van der Waals surface area contributed by atoms with Crippen molar-refractivity contribution in [2.75, 3.05) is 19.6 Å². The van der Waals surface area contributed by atoms with Crippen LogP contribution in [0, 0.1) is 11.8 Å². The molecule has 0 radical (unpaired) electrons. The lowest BCUT2D eigenvalue weighted by molar-refractivity contribution is -0.140. The van der Waals surface area contributed by atoms with Crippen molar-refractivity contribution in [2.45, 2.75) is 51.0 Å². The third-order valence-corrected chi connectivity index (χ3v) is 6.37. The van der Waals surface area contributed by atoms with Crippen molar-refractivity contribution in [3.05, 3.63) is 24.2 Å². The van der Waals surface area contributed by atoms with Crippen LogP contribution in [0.3, 0.4) is 0 Å². The fourth-order valence-corrected chi connectivity index (χ4v) is 4.75. The molecule has 1 N–H and O–H groups in total. The van der Waals surface area contributed by atoms with Gasteiger partial charge in [-0.15, -0.1) is 0 Å². The topological polar surface area (TPSA) is 99.9 Å². The van der Waals surface area contributed by atoms with Crippen molar-refractivity contribution in [2.24, 2.45) is 11.8 Å². The van der Waals surface area contributed by atoms with Crippen molar-refractivity contribution in [3.63, 3.8) is 0 Å². The number of nitrogens with one attached hydrogen (secondary N) is 1. The van der Waals surface area contributed by atoms with Crippen LogP contribution < -0.4 is 5.32 Å². The SMILES string of the molecule is O=C(CCN1C(=O)C2CCCCC2C1=O)NC1CCN(C(=O)c2ccco2)CC1. The summed E-state index contributed by atoms with van der Waals surface area (Å²) in [6.07, 6.45) is 6.51. The van der Waals surface area contributed by atoms with Crippen LogP contribution in [0.25, 0.3) is 0 Å². The predicted octanol–water partition coefficient (Wildman–Crippen LogP) is 1.57. The fourth-order valence-electron chi connectivity index (χ4n) is 4.75. The first kappa shape index (κ1) is 19.7. The van der Waals surface area contributed by atoms with Gasteiger partial charge in [0.05, 0.1) is 18.1 Å². The van der Waals surface area contributed by atoms with Gasteiger partial charge in [0.1, 0.15) is 0 Å². The van der Waals surface area contributed by atoms with Gasteiger partial charge in [0.15, 0.2) is 5.76 Å². The minimum Gasteiger partial charge on any atom is -0.459 e. The zero-order valence-electron chi connectivity index (χ0n) is 16.5. The molecule has 1 aromatic heterocycles. The van der Waals surface area contributed by atoms with Crippen molar-refractivity contribution in [1.29, 1.82) is 0 Å². The Balaban J connectivity index is 1.21. The van der Waals surface area contributed by atoms with Gasteiger partial charge in [-0.25, -0.2) is 0 Å². The second-order valence-corrected chi connectivity index (χ2v) is 8.19. The highest BCUT2D eigenvalue weighted by Crippen LogP contribution is 2.37. The molecule has 2 saturated heterocycles.